The molecule has 4 aromatic rings. The highest BCUT2D eigenvalue weighted by molar-refractivity contribution is 5.78. The van der Waals surface area contributed by atoms with E-state index in [4.69, 9.17) is 0 Å². The number of nitrogens with zero attached hydrogens (tertiary/aromatic N) is 4. The number of carbonyl (C=O) groups excluding carboxylic acids is 1. The highest BCUT2D eigenvalue weighted by Gasteiger charge is 2.27. The van der Waals surface area contributed by atoms with Gasteiger partial charge in [0, 0.05) is 57.5 Å². The van der Waals surface area contributed by atoms with Crippen LogP contribution in [-0.2, 0) is 11.3 Å². The Morgan fingerprint density at radius 3 is 2.28 bits per heavy atom. The number of imidazole rings is 1. The summed E-state index contributed by atoms with van der Waals surface area (Å²) in [6.07, 6.45) is 4.39. The summed E-state index contributed by atoms with van der Waals surface area (Å²) in [6, 6.07) is 26.9. The molecule has 0 radical (unpaired) electrons. The maximum atomic E-state index is 13.4. The van der Waals surface area contributed by atoms with Crippen molar-refractivity contribution in [1.82, 2.24) is 19.2 Å². The monoisotopic (exact) mass is 424 g/mol. The summed E-state index contributed by atoms with van der Waals surface area (Å²) in [5.74, 6) is 0.188. The van der Waals surface area contributed by atoms with Crippen LogP contribution in [-0.4, -0.2) is 51.3 Å². The molecule has 2 aromatic carbocycles. The quantitative estimate of drug-likeness (QED) is 0.466. The largest absolute Gasteiger partial charge is 0.340 e. The number of rotatable bonds is 6. The number of pyridine rings is 1. The second-order valence-electron chi connectivity index (χ2n) is 8.42. The molecule has 1 aliphatic heterocycles. The molecule has 0 bridgehead atoms. The van der Waals surface area contributed by atoms with Crippen molar-refractivity contribution in [3.8, 4) is 0 Å². The highest BCUT2D eigenvalue weighted by atomic mass is 16.2. The van der Waals surface area contributed by atoms with Crippen LogP contribution in [0.5, 0.6) is 0 Å². The summed E-state index contributed by atoms with van der Waals surface area (Å²) in [7, 11) is 0. The van der Waals surface area contributed by atoms with E-state index in [9.17, 15) is 4.79 Å². The van der Waals surface area contributed by atoms with Crippen LogP contribution in [0.1, 0.15) is 29.2 Å². The SMILES string of the molecule is O=C(CC(c1ccccc1)c1cnc2ccccn12)N1CCN(Cc2ccccc2)CC1. The van der Waals surface area contributed by atoms with Gasteiger partial charge in [-0.1, -0.05) is 66.7 Å². The van der Waals surface area contributed by atoms with E-state index in [0.717, 1.165) is 49.6 Å². The zero-order chi connectivity index (χ0) is 21.8. The molecule has 3 heterocycles. The Hall–Kier alpha value is -3.44. The van der Waals surface area contributed by atoms with Crippen LogP contribution in [0.4, 0.5) is 0 Å². The van der Waals surface area contributed by atoms with Gasteiger partial charge in [0.2, 0.25) is 5.91 Å². The lowest BCUT2D eigenvalue weighted by Crippen LogP contribution is -2.48. The topological polar surface area (TPSA) is 40.9 Å². The molecule has 0 saturated carbocycles. The van der Waals surface area contributed by atoms with Crippen LogP contribution in [0.15, 0.2) is 91.3 Å². The van der Waals surface area contributed by atoms with E-state index in [1.807, 2.05) is 59.8 Å². The molecule has 5 rings (SSSR count). The molecule has 0 spiro atoms. The molecule has 1 unspecified atom stereocenters. The van der Waals surface area contributed by atoms with E-state index >= 15 is 0 Å². The van der Waals surface area contributed by atoms with E-state index in [2.05, 4.69) is 50.7 Å². The number of hydrogen-bond donors (Lipinski definition) is 0. The Morgan fingerprint density at radius 1 is 0.844 bits per heavy atom. The molecule has 32 heavy (non-hydrogen) atoms. The predicted octanol–water partition coefficient (Wildman–Crippen LogP) is 4.20. The second kappa shape index (κ2) is 9.37. The molecular formula is C27H28N4O. The number of benzene rings is 2. The van der Waals surface area contributed by atoms with Crippen LogP contribution in [0, 0.1) is 0 Å². The Balaban J connectivity index is 1.30. The third kappa shape index (κ3) is 4.43. The number of amides is 1. The van der Waals surface area contributed by atoms with Crippen molar-refractivity contribution in [2.24, 2.45) is 0 Å². The zero-order valence-electron chi connectivity index (χ0n) is 18.2. The fourth-order valence-corrected chi connectivity index (χ4v) is 4.59. The average Bonchev–Trinajstić information content (AvgIpc) is 3.28. The van der Waals surface area contributed by atoms with Crippen LogP contribution in [0.25, 0.3) is 5.65 Å². The minimum absolute atomic E-state index is 0.0246. The van der Waals surface area contributed by atoms with Crippen molar-refractivity contribution in [1.29, 1.82) is 0 Å². The number of carbonyl (C=O) groups is 1. The molecule has 1 fully saturated rings. The summed E-state index contributed by atoms with van der Waals surface area (Å²) in [4.78, 5) is 22.4. The third-order valence-electron chi connectivity index (χ3n) is 6.36. The summed E-state index contributed by atoms with van der Waals surface area (Å²) in [6.45, 7) is 4.32. The summed E-state index contributed by atoms with van der Waals surface area (Å²) in [5.41, 5.74) is 4.44. The number of aromatic nitrogens is 2. The lowest BCUT2D eigenvalue weighted by molar-refractivity contribution is -0.133. The minimum Gasteiger partial charge on any atom is -0.340 e. The molecule has 5 nitrogen and oxygen atoms in total. The van der Waals surface area contributed by atoms with Gasteiger partial charge in [-0.2, -0.15) is 0 Å². The number of hydrogen-bond acceptors (Lipinski definition) is 3. The van der Waals surface area contributed by atoms with E-state index in [1.54, 1.807) is 0 Å². The van der Waals surface area contributed by atoms with E-state index < -0.39 is 0 Å². The van der Waals surface area contributed by atoms with Gasteiger partial charge >= 0.3 is 0 Å². The molecule has 1 aliphatic rings. The summed E-state index contributed by atoms with van der Waals surface area (Å²) in [5, 5.41) is 0. The third-order valence-corrected chi connectivity index (χ3v) is 6.36. The van der Waals surface area contributed by atoms with Gasteiger partial charge in [-0.05, 0) is 23.3 Å². The Morgan fingerprint density at radius 2 is 1.53 bits per heavy atom. The average molecular weight is 425 g/mol. The minimum atomic E-state index is -0.0246. The first-order valence-corrected chi connectivity index (χ1v) is 11.3. The van der Waals surface area contributed by atoms with Gasteiger partial charge in [0.05, 0.1) is 5.69 Å². The molecule has 1 saturated heterocycles. The van der Waals surface area contributed by atoms with Crippen molar-refractivity contribution in [2.45, 2.75) is 18.9 Å². The van der Waals surface area contributed by atoms with Gasteiger partial charge < -0.3 is 9.30 Å². The Kier molecular flexibility index (Phi) is 5.99. The Labute approximate surface area is 188 Å². The van der Waals surface area contributed by atoms with Crippen molar-refractivity contribution in [3.05, 3.63) is 108 Å². The molecule has 0 N–H and O–H groups in total. The molecular weight excluding hydrogens is 396 g/mol. The molecule has 5 heteroatoms. The first-order valence-electron chi connectivity index (χ1n) is 11.3. The van der Waals surface area contributed by atoms with E-state index in [0.29, 0.717) is 6.42 Å². The fourth-order valence-electron chi connectivity index (χ4n) is 4.59. The number of piperazine rings is 1. The maximum absolute atomic E-state index is 13.4. The van der Waals surface area contributed by atoms with Gasteiger partial charge in [0.1, 0.15) is 5.65 Å². The van der Waals surface area contributed by atoms with Crippen LogP contribution < -0.4 is 0 Å². The van der Waals surface area contributed by atoms with Gasteiger partial charge in [-0.25, -0.2) is 4.98 Å². The fraction of sp³-hybridized carbons (Fsp3) is 0.259. The number of fused-ring (bicyclic) bond motifs is 1. The van der Waals surface area contributed by atoms with Crippen molar-refractivity contribution in [2.75, 3.05) is 26.2 Å². The summed E-state index contributed by atoms with van der Waals surface area (Å²) >= 11 is 0. The van der Waals surface area contributed by atoms with Gasteiger partial charge in [0.25, 0.3) is 0 Å². The molecule has 0 aliphatic carbocycles. The Bertz CT molecular complexity index is 1160. The van der Waals surface area contributed by atoms with Crippen molar-refractivity contribution >= 4 is 11.6 Å². The van der Waals surface area contributed by atoms with Gasteiger partial charge in [-0.15, -0.1) is 0 Å². The predicted molar refractivity (Wildman–Crippen MR) is 126 cm³/mol. The lowest BCUT2D eigenvalue weighted by Gasteiger charge is -2.35. The normalized spacial score (nSPS) is 15.7. The smallest absolute Gasteiger partial charge is 0.223 e. The van der Waals surface area contributed by atoms with Crippen molar-refractivity contribution < 1.29 is 4.79 Å². The molecule has 1 amide bonds. The first-order chi connectivity index (χ1) is 15.8. The maximum Gasteiger partial charge on any atom is 0.223 e. The van der Waals surface area contributed by atoms with E-state index in [1.165, 1.54) is 5.56 Å². The second-order valence-corrected chi connectivity index (χ2v) is 8.42. The highest BCUT2D eigenvalue weighted by Crippen LogP contribution is 2.29. The summed E-state index contributed by atoms with van der Waals surface area (Å²) < 4.78 is 2.10. The van der Waals surface area contributed by atoms with Crippen LogP contribution in [0.3, 0.4) is 0 Å². The zero-order valence-corrected chi connectivity index (χ0v) is 18.2. The molecule has 1 atom stereocenters. The standard InChI is InChI=1S/C27H28N4O/c32-27(30-17-15-29(16-18-30)21-22-9-3-1-4-10-22)19-24(23-11-5-2-6-12-23)25-20-28-26-13-7-8-14-31(25)26/h1-14,20,24H,15-19,21H2. The molecule has 162 valence electrons. The lowest BCUT2D eigenvalue weighted by atomic mass is 9.92. The van der Waals surface area contributed by atoms with Gasteiger partial charge in [0.15, 0.2) is 0 Å². The van der Waals surface area contributed by atoms with E-state index in [-0.39, 0.29) is 11.8 Å². The van der Waals surface area contributed by atoms with Crippen LogP contribution >= 0.6 is 0 Å². The first kappa shape index (κ1) is 20.5. The van der Waals surface area contributed by atoms with Gasteiger partial charge in [-0.3, -0.25) is 9.69 Å². The van der Waals surface area contributed by atoms with Crippen LogP contribution in [0.2, 0.25) is 0 Å². The van der Waals surface area contributed by atoms with Crippen molar-refractivity contribution in [3.63, 3.8) is 0 Å². The molecule has 2 aromatic heterocycles.